The van der Waals surface area contributed by atoms with E-state index < -0.39 is 6.23 Å². The smallest absolute Gasteiger partial charge is 0.290 e. The van der Waals surface area contributed by atoms with Gasteiger partial charge in [0.05, 0.1) is 0 Å². The lowest BCUT2D eigenvalue weighted by Gasteiger charge is -1.85. The van der Waals surface area contributed by atoms with E-state index in [1.807, 2.05) is 0 Å². The number of hydrogen-bond donors (Lipinski definition) is 3. The lowest BCUT2D eigenvalue weighted by molar-refractivity contribution is -0.122. The Balaban J connectivity index is 0. The quantitative estimate of drug-likeness (QED) is 0.238. The first-order valence-corrected chi connectivity index (χ1v) is 1.83. The minimum Gasteiger partial charge on any atom is -0.483 e. The highest BCUT2D eigenvalue weighted by Crippen LogP contribution is 1.61. The monoisotopic (exact) mass is 119 g/mol. The summed E-state index contributed by atoms with van der Waals surface area (Å²) in [6.45, 7) is 2.94. The fourth-order valence-corrected chi connectivity index (χ4v) is 0. The SMILES string of the molecule is C=CC(N)O.O=CO. The van der Waals surface area contributed by atoms with Crippen molar-refractivity contribution in [2.24, 2.45) is 5.73 Å². The third kappa shape index (κ3) is 68.5. The van der Waals surface area contributed by atoms with Crippen LogP contribution < -0.4 is 5.73 Å². The van der Waals surface area contributed by atoms with Gasteiger partial charge in [-0.2, -0.15) is 0 Å². The summed E-state index contributed by atoms with van der Waals surface area (Å²) in [5.41, 5.74) is 4.73. The lowest BCUT2D eigenvalue weighted by atomic mass is 10.6. The number of nitrogens with two attached hydrogens (primary N) is 1. The van der Waals surface area contributed by atoms with Gasteiger partial charge in [0.1, 0.15) is 6.23 Å². The molecule has 0 aliphatic rings. The van der Waals surface area contributed by atoms with Crippen LogP contribution in [-0.2, 0) is 4.79 Å². The fraction of sp³-hybridized carbons (Fsp3) is 0.250. The van der Waals surface area contributed by atoms with Gasteiger partial charge in [0.25, 0.3) is 6.47 Å². The molecule has 0 amide bonds. The van der Waals surface area contributed by atoms with E-state index in [-0.39, 0.29) is 6.47 Å². The van der Waals surface area contributed by atoms with Crippen LogP contribution >= 0.6 is 0 Å². The van der Waals surface area contributed by atoms with Gasteiger partial charge >= 0.3 is 0 Å². The van der Waals surface area contributed by atoms with Crippen molar-refractivity contribution in [3.05, 3.63) is 12.7 Å². The number of aliphatic hydroxyl groups excluding tert-OH is 1. The first-order valence-electron chi connectivity index (χ1n) is 1.83. The molecule has 0 heterocycles. The highest BCUT2D eigenvalue weighted by molar-refractivity contribution is 5.32. The highest BCUT2D eigenvalue weighted by Gasteiger charge is 1.74. The summed E-state index contributed by atoms with van der Waals surface area (Å²) in [6.07, 6.45) is 0.398. The second-order valence-electron chi connectivity index (χ2n) is 0.832. The topological polar surface area (TPSA) is 83.5 Å². The standard InChI is InChI=1S/C3H7NO.CH2O2/c1-2-3(4)5;2-1-3/h2-3,5H,1,4H2;1H,(H,2,3). The molecule has 0 aromatic heterocycles. The zero-order chi connectivity index (χ0) is 6.99. The predicted molar refractivity (Wildman–Crippen MR) is 29.1 cm³/mol. The maximum Gasteiger partial charge on any atom is 0.290 e. The molecule has 0 spiro atoms. The minimum atomic E-state index is -0.852. The Morgan fingerprint density at radius 1 is 1.75 bits per heavy atom. The maximum absolute atomic E-state index is 8.36. The normalized spacial score (nSPS) is 10.2. The van der Waals surface area contributed by atoms with Gasteiger partial charge < -0.3 is 15.9 Å². The zero-order valence-electron chi connectivity index (χ0n) is 4.32. The Labute approximate surface area is 47.2 Å². The number of carbonyl (C=O) groups is 1. The summed E-state index contributed by atoms with van der Waals surface area (Å²) in [5.74, 6) is 0. The molecule has 0 radical (unpaired) electrons. The molecule has 0 aromatic carbocycles. The van der Waals surface area contributed by atoms with E-state index in [2.05, 4.69) is 6.58 Å². The van der Waals surface area contributed by atoms with Crippen LogP contribution in [-0.4, -0.2) is 22.9 Å². The molecular formula is C4H9NO3. The average molecular weight is 119 g/mol. The van der Waals surface area contributed by atoms with Crippen LogP contribution in [0.1, 0.15) is 0 Å². The van der Waals surface area contributed by atoms with E-state index in [4.69, 9.17) is 20.7 Å². The Morgan fingerprint density at radius 2 is 1.88 bits per heavy atom. The number of carboxylic acid groups (broad SMARTS) is 1. The van der Waals surface area contributed by atoms with Crippen molar-refractivity contribution >= 4 is 6.47 Å². The van der Waals surface area contributed by atoms with E-state index in [0.717, 1.165) is 0 Å². The number of rotatable bonds is 1. The summed E-state index contributed by atoms with van der Waals surface area (Å²) in [7, 11) is 0. The van der Waals surface area contributed by atoms with E-state index in [1.165, 1.54) is 6.08 Å². The van der Waals surface area contributed by atoms with E-state index in [1.54, 1.807) is 0 Å². The Morgan fingerprint density at radius 3 is 1.88 bits per heavy atom. The maximum atomic E-state index is 8.36. The molecule has 0 saturated heterocycles. The first kappa shape index (κ1) is 10.2. The van der Waals surface area contributed by atoms with Crippen LogP contribution in [0.3, 0.4) is 0 Å². The highest BCUT2D eigenvalue weighted by atomic mass is 16.3. The second kappa shape index (κ2) is 9.46. The minimum absolute atomic E-state index is 0.250. The van der Waals surface area contributed by atoms with Crippen LogP contribution in [0.5, 0.6) is 0 Å². The van der Waals surface area contributed by atoms with Gasteiger partial charge in [0.2, 0.25) is 0 Å². The van der Waals surface area contributed by atoms with Gasteiger partial charge in [-0.25, -0.2) is 0 Å². The molecule has 8 heavy (non-hydrogen) atoms. The van der Waals surface area contributed by atoms with Crippen LogP contribution in [0.4, 0.5) is 0 Å². The largest absolute Gasteiger partial charge is 0.483 e. The van der Waals surface area contributed by atoms with E-state index >= 15 is 0 Å². The van der Waals surface area contributed by atoms with E-state index in [9.17, 15) is 0 Å². The molecule has 0 aromatic rings. The van der Waals surface area contributed by atoms with Gasteiger partial charge in [-0.05, 0) is 6.08 Å². The molecule has 0 bridgehead atoms. The summed E-state index contributed by atoms with van der Waals surface area (Å²) < 4.78 is 0. The van der Waals surface area contributed by atoms with Crippen molar-refractivity contribution in [3.8, 4) is 0 Å². The van der Waals surface area contributed by atoms with Crippen LogP contribution in [0, 0.1) is 0 Å². The van der Waals surface area contributed by atoms with Gasteiger partial charge in [-0.15, -0.1) is 0 Å². The molecule has 0 saturated carbocycles. The molecule has 4 nitrogen and oxygen atoms in total. The van der Waals surface area contributed by atoms with Crippen molar-refractivity contribution in [2.75, 3.05) is 0 Å². The molecule has 0 aliphatic heterocycles. The van der Waals surface area contributed by atoms with Crippen LogP contribution in [0.25, 0.3) is 0 Å². The van der Waals surface area contributed by atoms with Gasteiger partial charge in [-0.1, -0.05) is 6.58 Å². The molecule has 0 fully saturated rings. The Kier molecular flexibility index (Phi) is 12.0. The predicted octanol–water partition coefficient (Wildman–Crippen LogP) is -0.850. The summed E-state index contributed by atoms with van der Waals surface area (Å²) in [5, 5.41) is 14.9. The number of aliphatic hydroxyl groups is 1. The molecule has 4 heteroatoms. The molecule has 4 N–H and O–H groups in total. The fourth-order valence-electron chi connectivity index (χ4n) is 0. The zero-order valence-corrected chi connectivity index (χ0v) is 4.32. The third-order valence-corrected chi connectivity index (χ3v) is 0.241. The molecule has 1 atom stereocenters. The van der Waals surface area contributed by atoms with Crippen molar-refractivity contribution in [1.82, 2.24) is 0 Å². The van der Waals surface area contributed by atoms with Crippen LogP contribution in [0.15, 0.2) is 12.7 Å². The summed E-state index contributed by atoms with van der Waals surface area (Å²) in [4.78, 5) is 8.36. The van der Waals surface area contributed by atoms with Gasteiger partial charge in [0.15, 0.2) is 0 Å². The second-order valence-corrected chi connectivity index (χ2v) is 0.832. The molecular weight excluding hydrogens is 110 g/mol. The van der Waals surface area contributed by atoms with Crippen LogP contribution in [0.2, 0.25) is 0 Å². The molecule has 0 aliphatic carbocycles. The Bertz CT molecular complexity index is 62.3. The Hall–Kier alpha value is -0.870. The third-order valence-electron chi connectivity index (χ3n) is 0.241. The van der Waals surface area contributed by atoms with Crippen molar-refractivity contribution in [3.63, 3.8) is 0 Å². The van der Waals surface area contributed by atoms with Crippen molar-refractivity contribution in [1.29, 1.82) is 0 Å². The van der Waals surface area contributed by atoms with Gasteiger partial charge in [-0.3, -0.25) is 4.79 Å². The summed E-state index contributed by atoms with van der Waals surface area (Å²) >= 11 is 0. The lowest BCUT2D eigenvalue weighted by Crippen LogP contribution is -2.13. The van der Waals surface area contributed by atoms with Crippen molar-refractivity contribution < 1.29 is 15.0 Å². The average Bonchev–Trinajstić information content (AvgIpc) is 1.69. The summed E-state index contributed by atoms with van der Waals surface area (Å²) in [6, 6.07) is 0. The van der Waals surface area contributed by atoms with Gasteiger partial charge in [0, 0.05) is 0 Å². The van der Waals surface area contributed by atoms with Crippen molar-refractivity contribution in [2.45, 2.75) is 6.23 Å². The first-order chi connectivity index (χ1) is 3.68. The molecule has 1 unspecified atom stereocenters. The van der Waals surface area contributed by atoms with E-state index in [0.29, 0.717) is 0 Å². The molecule has 0 rings (SSSR count). The molecule has 48 valence electrons. The number of hydrogen-bond acceptors (Lipinski definition) is 3.